The van der Waals surface area contributed by atoms with Gasteiger partial charge >= 0.3 is 0 Å². The van der Waals surface area contributed by atoms with Crippen LogP contribution in [-0.2, 0) is 22.6 Å². The number of hydrogen-bond acceptors (Lipinski definition) is 3. The minimum atomic E-state index is -0.855. The topological polar surface area (TPSA) is 58.6 Å². The van der Waals surface area contributed by atoms with Gasteiger partial charge in [0.25, 0.3) is 5.91 Å². The molecule has 0 saturated carbocycles. The van der Waals surface area contributed by atoms with Crippen molar-refractivity contribution in [3.63, 3.8) is 0 Å². The van der Waals surface area contributed by atoms with Crippen LogP contribution in [0.2, 0.25) is 5.02 Å². The molecule has 2 amide bonds. The van der Waals surface area contributed by atoms with Crippen LogP contribution in [0.3, 0.4) is 0 Å². The molecule has 0 saturated heterocycles. The van der Waals surface area contributed by atoms with Crippen molar-refractivity contribution < 1.29 is 18.7 Å². The van der Waals surface area contributed by atoms with Crippen LogP contribution in [0.25, 0.3) is 0 Å². The van der Waals surface area contributed by atoms with Crippen molar-refractivity contribution >= 4 is 23.4 Å². The number of nitrogens with one attached hydrogen (secondary N) is 1. The molecule has 0 aromatic heterocycles. The Morgan fingerprint density at radius 1 is 1.00 bits per heavy atom. The first-order chi connectivity index (χ1) is 16.8. The van der Waals surface area contributed by atoms with Crippen molar-refractivity contribution in [3.05, 3.63) is 101 Å². The number of rotatable bonds is 11. The zero-order valence-corrected chi connectivity index (χ0v) is 20.7. The molecular weight excluding hydrogens is 467 g/mol. The minimum Gasteiger partial charge on any atom is -0.484 e. The molecule has 0 heterocycles. The predicted molar refractivity (Wildman–Crippen MR) is 136 cm³/mol. The monoisotopic (exact) mass is 496 g/mol. The van der Waals surface area contributed by atoms with E-state index in [1.807, 2.05) is 44.2 Å². The maximum atomic E-state index is 14.6. The first-order valence-corrected chi connectivity index (χ1v) is 11.9. The average molecular weight is 497 g/mol. The van der Waals surface area contributed by atoms with E-state index in [2.05, 4.69) is 5.32 Å². The van der Waals surface area contributed by atoms with Gasteiger partial charge in [0.2, 0.25) is 5.91 Å². The molecule has 0 fully saturated rings. The lowest BCUT2D eigenvalue weighted by atomic mass is 10.0. The third-order valence-corrected chi connectivity index (χ3v) is 5.65. The highest BCUT2D eigenvalue weighted by molar-refractivity contribution is 6.30. The lowest BCUT2D eigenvalue weighted by molar-refractivity contribution is -0.142. The molecule has 0 aliphatic rings. The van der Waals surface area contributed by atoms with Gasteiger partial charge in [0.15, 0.2) is 6.61 Å². The highest BCUT2D eigenvalue weighted by Crippen LogP contribution is 2.19. The van der Waals surface area contributed by atoms with Crippen LogP contribution in [0, 0.1) is 11.7 Å². The van der Waals surface area contributed by atoms with Gasteiger partial charge in [0.05, 0.1) is 0 Å². The summed E-state index contributed by atoms with van der Waals surface area (Å²) >= 11 is 6.02. The Labute approximate surface area is 210 Å². The number of nitrogens with zero attached hydrogens (tertiary/aromatic N) is 1. The van der Waals surface area contributed by atoms with E-state index in [1.165, 1.54) is 11.0 Å². The standard InChI is InChI=1S/C28H30ClFN2O3/c1-20(2)17-31-28(34)26(15-21-9-4-3-5-10-21)32(18-22-11-6-7-14-25(22)30)27(33)19-35-24-13-8-12-23(29)16-24/h3-14,16,20,26H,15,17-19H2,1-2H3,(H,31,34). The number of ether oxygens (including phenoxy) is 1. The number of halogens is 2. The molecule has 3 rings (SSSR count). The molecule has 0 spiro atoms. The molecule has 3 aromatic carbocycles. The van der Waals surface area contributed by atoms with Gasteiger partial charge in [-0.25, -0.2) is 4.39 Å². The van der Waals surface area contributed by atoms with E-state index in [4.69, 9.17) is 16.3 Å². The highest BCUT2D eigenvalue weighted by Gasteiger charge is 2.31. The van der Waals surface area contributed by atoms with E-state index < -0.39 is 17.8 Å². The van der Waals surface area contributed by atoms with E-state index in [9.17, 15) is 14.0 Å². The van der Waals surface area contributed by atoms with Crippen LogP contribution in [-0.4, -0.2) is 35.9 Å². The van der Waals surface area contributed by atoms with Gasteiger partial charge in [-0.2, -0.15) is 0 Å². The highest BCUT2D eigenvalue weighted by atomic mass is 35.5. The maximum Gasteiger partial charge on any atom is 0.261 e. The van der Waals surface area contributed by atoms with Gasteiger partial charge < -0.3 is 15.0 Å². The largest absolute Gasteiger partial charge is 0.484 e. The smallest absolute Gasteiger partial charge is 0.261 e. The molecule has 1 N–H and O–H groups in total. The van der Waals surface area contributed by atoms with Crippen LogP contribution < -0.4 is 10.1 Å². The summed E-state index contributed by atoms with van der Waals surface area (Å²) in [5.41, 5.74) is 1.21. The molecular formula is C28H30ClFN2O3. The third-order valence-electron chi connectivity index (χ3n) is 5.41. The molecule has 0 aliphatic carbocycles. The number of carbonyl (C=O) groups is 2. The first kappa shape index (κ1) is 26.2. The Kier molecular flexibility index (Phi) is 9.67. The van der Waals surface area contributed by atoms with E-state index >= 15 is 0 Å². The fourth-order valence-electron chi connectivity index (χ4n) is 3.57. The lowest BCUT2D eigenvalue weighted by Gasteiger charge is -2.31. The van der Waals surface area contributed by atoms with Crippen molar-refractivity contribution in [2.45, 2.75) is 32.9 Å². The minimum absolute atomic E-state index is 0.0724. The fourth-order valence-corrected chi connectivity index (χ4v) is 3.75. The van der Waals surface area contributed by atoms with Crippen molar-refractivity contribution in [2.24, 2.45) is 5.92 Å². The van der Waals surface area contributed by atoms with Crippen LogP contribution in [0.15, 0.2) is 78.9 Å². The molecule has 7 heteroatoms. The van der Waals surface area contributed by atoms with Gasteiger partial charge in [-0.3, -0.25) is 9.59 Å². The second-order valence-electron chi connectivity index (χ2n) is 8.70. The predicted octanol–water partition coefficient (Wildman–Crippen LogP) is 5.27. The Balaban J connectivity index is 1.91. The van der Waals surface area contributed by atoms with Crippen LogP contribution in [0.4, 0.5) is 4.39 Å². The van der Waals surface area contributed by atoms with E-state index in [0.29, 0.717) is 22.9 Å². The number of hydrogen-bond donors (Lipinski definition) is 1. The average Bonchev–Trinajstić information content (AvgIpc) is 2.85. The molecule has 0 radical (unpaired) electrons. The van der Waals surface area contributed by atoms with Crippen molar-refractivity contribution in [2.75, 3.05) is 13.2 Å². The summed E-state index contributed by atoms with van der Waals surface area (Å²) in [5, 5.41) is 3.41. The Hall–Kier alpha value is -3.38. The fraction of sp³-hybridized carbons (Fsp3) is 0.286. The summed E-state index contributed by atoms with van der Waals surface area (Å²) in [6, 6.07) is 21.5. The molecule has 1 unspecified atom stereocenters. The molecule has 0 bridgehead atoms. The maximum absolute atomic E-state index is 14.6. The molecule has 35 heavy (non-hydrogen) atoms. The second kappa shape index (κ2) is 12.9. The summed E-state index contributed by atoms with van der Waals surface area (Å²) in [6.07, 6.45) is 0.280. The summed E-state index contributed by atoms with van der Waals surface area (Å²) in [5.74, 6) is -0.510. The second-order valence-corrected chi connectivity index (χ2v) is 9.14. The zero-order valence-electron chi connectivity index (χ0n) is 19.9. The molecule has 5 nitrogen and oxygen atoms in total. The summed E-state index contributed by atoms with van der Waals surface area (Å²) in [7, 11) is 0. The Morgan fingerprint density at radius 3 is 2.40 bits per heavy atom. The zero-order chi connectivity index (χ0) is 25.2. The van der Waals surface area contributed by atoms with Crippen LogP contribution in [0.5, 0.6) is 5.75 Å². The van der Waals surface area contributed by atoms with Crippen molar-refractivity contribution in [1.82, 2.24) is 10.2 Å². The number of carbonyl (C=O) groups excluding carboxylic acids is 2. The summed E-state index contributed by atoms with van der Waals surface area (Å²) in [6.45, 7) is 4.06. The third kappa shape index (κ3) is 8.11. The first-order valence-electron chi connectivity index (χ1n) is 11.6. The normalized spacial score (nSPS) is 11.7. The molecule has 0 aliphatic heterocycles. The van der Waals surface area contributed by atoms with Gasteiger partial charge in [0, 0.05) is 30.1 Å². The van der Waals surface area contributed by atoms with Gasteiger partial charge in [0.1, 0.15) is 17.6 Å². The van der Waals surface area contributed by atoms with E-state index in [-0.39, 0.29) is 31.4 Å². The van der Waals surface area contributed by atoms with Gasteiger partial charge in [-0.15, -0.1) is 0 Å². The van der Waals surface area contributed by atoms with Crippen molar-refractivity contribution in [3.8, 4) is 5.75 Å². The molecule has 1 atom stereocenters. The Bertz CT molecular complexity index is 1120. The number of amides is 2. The molecule has 3 aromatic rings. The summed E-state index contributed by atoms with van der Waals surface area (Å²) in [4.78, 5) is 28.2. The van der Waals surface area contributed by atoms with Gasteiger partial charge in [-0.1, -0.05) is 80.0 Å². The van der Waals surface area contributed by atoms with Crippen LogP contribution >= 0.6 is 11.6 Å². The quantitative estimate of drug-likeness (QED) is 0.393. The van der Waals surface area contributed by atoms with E-state index in [1.54, 1.807) is 42.5 Å². The lowest BCUT2D eigenvalue weighted by Crippen LogP contribution is -2.52. The van der Waals surface area contributed by atoms with Crippen molar-refractivity contribution in [1.29, 1.82) is 0 Å². The SMILES string of the molecule is CC(C)CNC(=O)C(Cc1ccccc1)N(Cc1ccccc1F)C(=O)COc1cccc(Cl)c1. The van der Waals surface area contributed by atoms with Gasteiger partial charge in [-0.05, 0) is 35.7 Å². The van der Waals surface area contributed by atoms with Crippen LogP contribution in [0.1, 0.15) is 25.0 Å². The summed E-state index contributed by atoms with van der Waals surface area (Å²) < 4.78 is 20.2. The Morgan fingerprint density at radius 2 is 1.71 bits per heavy atom. The number of benzene rings is 3. The molecule has 184 valence electrons. The van der Waals surface area contributed by atoms with E-state index in [0.717, 1.165) is 5.56 Å².